The number of hydrogen-bond donors (Lipinski definition) is 0. The molecule has 0 bridgehead atoms. The predicted molar refractivity (Wildman–Crippen MR) is 126 cm³/mol. The van der Waals surface area contributed by atoms with E-state index in [1.54, 1.807) is 43.3 Å². The fourth-order valence-electron chi connectivity index (χ4n) is 3.25. The zero-order valence-corrected chi connectivity index (χ0v) is 19.8. The quantitative estimate of drug-likeness (QED) is 0.196. The molecule has 1 atom stereocenters. The zero-order valence-electron chi connectivity index (χ0n) is 19.8. The first-order chi connectivity index (χ1) is 15.9. The lowest BCUT2D eigenvalue weighted by atomic mass is 9.87. The molecule has 6 nitrogen and oxygen atoms in total. The summed E-state index contributed by atoms with van der Waals surface area (Å²) in [6, 6.07) is 15.0. The molecule has 0 aromatic heterocycles. The average Bonchev–Trinajstić information content (AvgIpc) is 2.83. The van der Waals surface area contributed by atoms with Crippen LogP contribution in [-0.2, 0) is 4.79 Å². The summed E-state index contributed by atoms with van der Waals surface area (Å²) in [5.74, 6) is 0.240. The lowest BCUT2D eigenvalue weighted by molar-refractivity contribution is -0.142. The van der Waals surface area contributed by atoms with E-state index >= 15 is 0 Å². The van der Waals surface area contributed by atoms with E-state index in [1.807, 2.05) is 13.0 Å². The van der Waals surface area contributed by atoms with Crippen molar-refractivity contribution in [2.24, 2.45) is 5.41 Å². The molecule has 0 saturated heterocycles. The van der Waals surface area contributed by atoms with Gasteiger partial charge in [0.05, 0.1) is 18.2 Å². The molecule has 2 aromatic carbocycles. The standard InChI is InChI=1S/C27H33NO5/c1-4-6-7-8-9-19-31-22-12-10-21(11-13-22)25(29)32-23-14-16-24(17-15-23)33-26(30)27(3,20-28)18-5-2/h10-17H,4-9,18-19H2,1-3H3. The van der Waals surface area contributed by atoms with Gasteiger partial charge in [0.25, 0.3) is 0 Å². The van der Waals surface area contributed by atoms with Crippen LogP contribution >= 0.6 is 0 Å². The summed E-state index contributed by atoms with van der Waals surface area (Å²) in [6.45, 7) is 6.33. The maximum absolute atomic E-state index is 12.4. The van der Waals surface area contributed by atoms with Gasteiger partial charge in [-0.25, -0.2) is 9.59 Å². The second kappa shape index (κ2) is 13.3. The van der Waals surface area contributed by atoms with Crippen LogP contribution in [0.1, 0.15) is 76.1 Å². The number of carbonyl (C=O) groups is 2. The number of esters is 2. The maximum Gasteiger partial charge on any atom is 0.343 e. The Bertz CT molecular complexity index is 930. The SMILES string of the molecule is CCCCCCCOc1ccc(C(=O)Oc2ccc(OC(=O)C(C)(C#N)CCC)cc2)cc1. The number of hydrogen-bond acceptors (Lipinski definition) is 6. The molecule has 0 aliphatic heterocycles. The maximum atomic E-state index is 12.4. The lowest BCUT2D eigenvalue weighted by Gasteiger charge is -2.18. The van der Waals surface area contributed by atoms with Gasteiger partial charge in [0, 0.05) is 0 Å². The normalized spacial score (nSPS) is 12.3. The lowest BCUT2D eigenvalue weighted by Crippen LogP contribution is -2.30. The predicted octanol–water partition coefficient (Wildman–Crippen LogP) is 6.49. The molecule has 0 fully saturated rings. The average molecular weight is 452 g/mol. The third-order valence-corrected chi connectivity index (χ3v) is 5.30. The van der Waals surface area contributed by atoms with Crippen molar-refractivity contribution in [3.8, 4) is 23.3 Å². The highest BCUT2D eigenvalue weighted by atomic mass is 16.5. The van der Waals surface area contributed by atoms with E-state index in [1.165, 1.54) is 31.4 Å². The van der Waals surface area contributed by atoms with Crippen molar-refractivity contribution in [2.75, 3.05) is 6.61 Å². The van der Waals surface area contributed by atoms with Crippen LogP contribution in [0, 0.1) is 16.7 Å². The molecule has 6 heteroatoms. The van der Waals surface area contributed by atoms with Crippen molar-refractivity contribution < 1.29 is 23.8 Å². The number of nitrogens with zero attached hydrogens (tertiary/aromatic N) is 1. The highest BCUT2D eigenvalue weighted by Gasteiger charge is 2.34. The van der Waals surface area contributed by atoms with Crippen molar-refractivity contribution in [1.82, 2.24) is 0 Å². The van der Waals surface area contributed by atoms with Gasteiger partial charge < -0.3 is 14.2 Å². The van der Waals surface area contributed by atoms with Crippen LogP contribution < -0.4 is 14.2 Å². The van der Waals surface area contributed by atoms with Crippen molar-refractivity contribution >= 4 is 11.9 Å². The number of unbranched alkanes of at least 4 members (excludes halogenated alkanes) is 4. The molecular formula is C27H33NO5. The third-order valence-electron chi connectivity index (χ3n) is 5.30. The van der Waals surface area contributed by atoms with Gasteiger partial charge in [0.15, 0.2) is 5.41 Å². The summed E-state index contributed by atoms with van der Waals surface area (Å²) in [6.07, 6.45) is 6.99. The molecule has 1 unspecified atom stereocenters. The number of benzene rings is 2. The first-order valence-electron chi connectivity index (χ1n) is 11.6. The van der Waals surface area contributed by atoms with Crippen LogP contribution in [0.3, 0.4) is 0 Å². The van der Waals surface area contributed by atoms with Crippen molar-refractivity contribution in [3.63, 3.8) is 0 Å². The second-order valence-electron chi connectivity index (χ2n) is 8.23. The molecular weight excluding hydrogens is 418 g/mol. The number of carbonyl (C=O) groups excluding carboxylic acids is 2. The largest absolute Gasteiger partial charge is 0.494 e. The van der Waals surface area contributed by atoms with Gasteiger partial charge in [0.2, 0.25) is 0 Å². The van der Waals surface area contributed by atoms with E-state index in [0.29, 0.717) is 30.8 Å². The monoisotopic (exact) mass is 451 g/mol. The van der Waals surface area contributed by atoms with E-state index in [9.17, 15) is 14.9 Å². The Balaban J connectivity index is 1.85. The van der Waals surface area contributed by atoms with E-state index in [2.05, 4.69) is 6.92 Å². The molecule has 0 N–H and O–H groups in total. The molecule has 2 rings (SSSR count). The van der Waals surface area contributed by atoms with E-state index < -0.39 is 17.4 Å². The van der Waals surface area contributed by atoms with Crippen LogP contribution in [0.5, 0.6) is 17.2 Å². The van der Waals surface area contributed by atoms with Gasteiger partial charge in [-0.2, -0.15) is 5.26 Å². The Hall–Kier alpha value is -3.33. The zero-order chi connectivity index (χ0) is 24.1. The second-order valence-corrected chi connectivity index (χ2v) is 8.23. The molecule has 0 heterocycles. The first-order valence-corrected chi connectivity index (χ1v) is 11.6. The van der Waals surface area contributed by atoms with Crippen molar-refractivity contribution in [1.29, 1.82) is 5.26 Å². The number of ether oxygens (including phenoxy) is 3. The van der Waals surface area contributed by atoms with Crippen LogP contribution in [0.2, 0.25) is 0 Å². The summed E-state index contributed by atoms with van der Waals surface area (Å²) in [4.78, 5) is 24.7. The van der Waals surface area contributed by atoms with Gasteiger partial charge in [-0.15, -0.1) is 0 Å². The Morgan fingerprint density at radius 3 is 1.97 bits per heavy atom. The summed E-state index contributed by atoms with van der Waals surface area (Å²) >= 11 is 0. The summed E-state index contributed by atoms with van der Waals surface area (Å²) < 4.78 is 16.4. The first kappa shape index (κ1) is 25.9. The Morgan fingerprint density at radius 1 is 0.818 bits per heavy atom. The Kier molecular flexibility index (Phi) is 10.4. The minimum atomic E-state index is -1.19. The molecule has 176 valence electrons. The van der Waals surface area contributed by atoms with Gasteiger partial charge in [-0.3, -0.25) is 0 Å². The fourth-order valence-corrected chi connectivity index (χ4v) is 3.25. The molecule has 0 saturated carbocycles. The van der Waals surface area contributed by atoms with Crippen molar-refractivity contribution in [2.45, 2.75) is 65.7 Å². The van der Waals surface area contributed by atoms with Crippen LogP contribution in [0.4, 0.5) is 0 Å². The Labute approximate surface area is 196 Å². The van der Waals surface area contributed by atoms with E-state index in [4.69, 9.17) is 14.2 Å². The molecule has 0 aliphatic rings. The summed E-state index contributed by atoms with van der Waals surface area (Å²) in [5.41, 5.74) is -0.782. The molecule has 2 aromatic rings. The van der Waals surface area contributed by atoms with Crippen molar-refractivity contribution in [3.05, 3.63) is 54.1 Å². The van der Waals surface area contributed by atoms with Gasteiger partial charge in [0.1, 0.15) is 17.2 Å². The van der Waals surface area contributed by atoms with Crippen LogP contribution in [-0.4, -0.2) is 18.5 Å². The molecule has 0 aliphatic carbocycles. The minimum absolute atomic E-state index is 0.286. The topological polar surface area (TPSA) is 85.6 Å². The molecule has 0 spiro atoms. The Morgan fingerprint density at radius 2 is 1.39 bits per heavy atom. The number of rotatable bonds is 13. The molecule has 0 radical (unpaired) electrons. The van der Waals surface area contributed by atoms with Gasteiger partial charge in [-0.1, -0.05) is 46.0 Å². The van der Waals surface area contributed by atoms with E-state index in [0.717, 1.165) is 18.6 Å². The fraction of sp³-hybridized carbons (Fsp3) is 0.444. The highest BCUT2D eigenvalue weighted by molar-refractivity contribution is 5.91. The van der Waals surface area contributed by atoms with Crippen LogP contribution in [0.15, 0.2) is 48.5 Å². The molecule has 33 heavy (non-hydrogen) atoms. The van der Waals surface area contributed by atoms with Gasteiger partial charge >= 0.3 is 11.9 Å². The number of nitriles is 1. The molecule has 0 amide bonds. The highest BCUT2D eigenvalue weighted by Crippen LogP contribution is 2.27. The van der Waals surface area contributed by atoms with Crippen LogP contribution in [0.25, 0.3) is 0 Å². The summed E-state index contributed by atoms with van der Waals surface area (Å²) in [5, 5.41) is 9.30. The minimum Gasteiger partial charge on any atom is -0.494 e. The van der Waals surface area contributed by atoms with E-state index in [-0.39, 0.29) is 5.75 Å². The summed E-state index contributed by atoms with van der Waals surface area (Å²) in [7, 11) is 0. The third kappa shape index (κ3) is 8.27. The van der Waals surface area contributed by atoms with Gasteiger partial charge in [-0.05, 0) is 68.3 Å². The smallest absolute Gasteiger partial charge is 0.343 e.